The Morgan fingerprint density at radius 2 is 0.795 bits per heavy atom. The third-order valence-corrected chi connectivity index (χ3v) is 17.1. The summed E-state index contributed by atoms with van der Waals surface area (Å²) in [6.07, 6.45) is 22.0. The molecule has 4 aromatic carbocycles. The summed E-state index contributed by atoms with van der Waals surface area (Å²) in [5.74, 6) is 0. The fourth-order valence-corrected chi connectivity index (χ4v) is 10.5. The zero-order valence-electron chi connectivity index (χ0n) is 50.9. The highest BCUT2D eigenvalue weighted by molar-refractivity contribution is 9.10. The first-order chi connectivity index (χ1) is 41.7. The van der Waals surface area contributed by atoms with Gasteiger partial charge >= 0.3 is 21.4 Å². The summed E-state index contributed by atoms with van der Waals surface area (Å²) >= 11 is 15.4. The molecule has 2 aliphatic heterocycles. The number of hydrogen-bond acceptors (Lipinski definition) is 14. The van der Waals surface area contributed by atoms with Crippen LogP contribution < -0.4 is 16.4 Å². The number of pyridine rings is 4. The van der Waals surface area contributed by atoms with Crippen LogP contribution in [0.4, 0.5) is 0 Å². The monoisotopic (exact) mass is 1280 g/mol. The van der Waals surface area contributed by atoms with Gasteiger partial charge in [0.2, 0.25) is 0 Å². The van der Waals surface area contributed by atoms with Crippen LogP contribution in [0.5, 0.6) is 0 Å². The molecule has 0 unspecified atom stereocenters. The Hall–Kier alpha value is -7.63. The second kappa shape index (κ2) is 25.8. The summed E-state index contributed by atoms with van der Waals surface area (Å²) in [4.78, 5) is 17.5. The third kappa shape index (κ3) is 14.1. The number of hydrogen-bond donors (Lipinski definition) is 2. The third-order valence-electron chi connectivity index (χ3n) is 16.0. The highest BCUT2D eigenvalue weighted by Crippen LogP contribution is 2.38. The normalized spacial score (nSPS) is 15.2. The van der Waals surface area contributed by atoms with Gasteiger partial charge < -0.3 is 28.7 Å². The van der Waals surface area contributed by atoms with Crippen molar-refractivity contribution in [2.45, 2.75) is 77.8 Å². The second-order valence-electron chi connectivity index (χ2n) is 23.5. The molecule has 0 radical (unpaired) electrons. The standard InChI is InChI=1S/C19H22BN3O2.C13H12BN3O2.C13H10ClN3.C10H17BN2O2.C9H5BrClN/c1-18(2)19(3,4)25-20(24-18)16-8-6-7-13-9-17(21-11-15(13)16)14-10-22-23(5)12-14;1-17-8-10(6-16-17)13-5-9-3-2-4-12(14(18)19)11(9)7-15-13;1-17-8-10(6-16-17)13-5-9-3-2-4-12(14)11(9)7-15-13;1-9(2)10(3,4)15-11(14-9)8-6-12-13(5)7-8;10-9-4-6-2-1-3-8(11)7(6)5-12-9/h6-12H,1-5H3;2-8,18-19H,1H3;2-8H,1H3;6-7H,1-5H3;1-5H. The maximum Gasteiger partial charge on any atom is 0.498 e. The SMILES string of the molecule is Clc1cccc2cc(Br)ncc12.Cn1cc(-c2cc3cccc(B(O)O)c3cn2)cn1.Cn1cc(-c2cc3cccc(B4OC(C)(C)C(C)(C)O4)c3cn2)cn1.Cn1cc(-c2cc3cccc(Cl)c3cn2)cn1.Cn1cc(B2OC(C)(C)C(C)(C)O2)cn1. The van der Waals surface area contributed by atoms with E-state index >= 15 is 0 Å². The molecule has 2 N–H and O–H groups in total. The first kappa shape index (κ1) is 63.4. The molecule has 2 saturated heterocycles. The van der Waals surface area contributed by atoms with Gasteiger partial charge in [-0.05, 0) is 151 Å². The van der Waals surface area contributed by atoms with Crippen LogP contribution in [-0.2, 0) is 46.8 Å². The van der Waals surface area contributed by atoms with Crippen LogP contribution in [0, 0.1) is 0 Å². The molecule has 8 aromatic heterocycles. The molecule has 2 fully saturated rings. The van der Waals surface area contributed by atoms with Crippen LogP contribution in [0.2, 0.25) is 10.0 Å². The van der Waals surface area contributed by atoms with Crippen molar-refractivity contribution >= 4 is 120 Å². The van der Waals surface area contributed by atoms with E-state index in [-0.39, 0.29) is 36.6 Å². The molecular formula is C64H66B3BrCl2N12O6. The number of rotatable bonds is 6. The molecular weight excluding hydrogens is 1220 g/mol. The summed E-state index contributed by atoms with van der Waals surface area (Å²) in [5.41, 5.74) is 6.73. The van der Waals surface area contributed by atoms with Crippen LogP contribution in [0.15, 0.2) is 176 Å². The summed E-state index contributed by atoms with van der Waals surface area (Å²) < 4.78 is 32.0. The predicted molar refractivity (Wildman–Crippen MR) is 356 cm³/mol. The van der Waals surface area contributed by atoms with E-state index < -0.39 is 7.12 Å². The quantitative estimate of drug-likeness (QED) is 0.118. The Morgan fingerprint density at radius 1 is 0.432 bits per heavy atom. The lowest BCUT2D eigenvalue weighted by Gasteiger charge is -2.32. The van der Waals surface area contributed by atoms with Gasteiger partial charge in [-0.2, -0.15) is 20.4 Å². The van der Waals surface area contributed by atoms with E-state index in [2.05, 4.69) is 102 Å². The van der Waals surface area contributed by atoms with Gasteiger partial charge in [0.15, 0.2) is 0 Å². The highest BCUT2D eigenvalue weighted by atomic mass is 79.9. The van der Waals surface area contributed by atoms with Crippen LogP contribution in [0.3, 0.4) is 0 Å². The first-order valence-corrected chi connectivity index (χ1v) is 29.8. The number of benzene rings is 4. The molecule has 88 heavy (non-hydrogen) atoms. The Bertz CT molecular complexity index is 4430. The first-order valence-electron chi connectivity index (χ1n) is 28.3. The van der Waals surface area contributed by atoms with Crippen LogP contribution in [0.25, 0.3) is 76.9 Å². The molecule has 0 spiro atoms. The predicted octanol–water partition coefficient (Wildman–Crippen LogP) is 10.9. The minimum Gasteiger partial charge on any atom is -0.423 e. The Kier molecular flexibility index (Phi) is 18.6. The number of fused-ring (bicyclic) bond motifs is 4. The molecule has 18 nitrogen and oxygen atoms in total. The second-order valence-corrected chi connectivity index (χ2v) is 25.1. The summed E-state index contributed by atoms with van der Waals surface area (Å²) in [6, 6.07) is 31.2. The summed E-state index contributed by atoms with van der Waals surface area (Å²) in [6.45, 7) is 16.4. The number of nitrogens with zero attached hydrogens (tertiary/aromatic N) is 12. The Labute approximate surface area is 530 Å². The van der Waals surface area contributed by atoms with Gasteiger partial charge in [-0.1, -0.05) is 83.9 Å². The summed E-state index contributed by atoms with van der Waals surface area (Å²) in [7, 11) is 5.35. The van der Waals surface area contributed by atoms with Crippen LogP contribution in [0.1, 0.15) is 55.4 Å². The molecule has 0 saturated carbocycles. The van der Waals surface area contributed by atoms with E-state index in [1.165, 1.54) is 0 Å². The van der Waals surface area contributed by atoms with E-state index in [4.69, 9.17) is 41.8 Å². The van der Waals surface area contributed by atoms with Crippen LogP contribution >= 0.6 is 39.1 Å². The average Bonchev–Trinajstić information content (AvgIpc) is 1.90. The van der Waals surface area contributed by atoms with E-state index in [9.17, 15) is 10.0 Å². The van der Waals surface area contributed by atoms with E-state index in [1.54, 1.807) is 68.0 Å². The molecule has 14 rings (SSSR count). The van der Waals surface area contributed by atoms with E-state index in [0.717, 1.165) is 102 Å². The van der Waals surface area contributed by atoms with Gasteiger partial charge in [0.25, 0.3) is 0 Å². The van der Waals surface area contributed by atoms with E-state index in [1.807, 2.05) is 160 Å². The van der Waals surface area contributed by atoms with Crippen molar-refractivity contribution in [1.82, 2.24) is 59.1 Å². The largest absolute Gasteiger partial charge is 0.498 e. The fraction of sp³-hybridized carbons (Fsp3) is 0.250. The average molecular weight is 1280 g/mol. The van der Waals surface area contributed by atoms with Gasteiger partial charge in [0, 0.05) is 127 Å². The smallest absolute Gasteiger partial charge is 0.423 e. The van der Waals surface area contributed by atoms with Crippen molar-refractivity contribution in [3.8, 4) is 33.8 Å². The van der Waals surface area contributed by atoms with Crippen molar-refractivity contribution in [3.63, 3.8) is 0 Å². The minimum atomic E-state index is -1.49. The summed E-state index contributed by atoms with van der Waals surface area (Å²) in [5, 5.41) is 44.7. The van der Waals surface area contributed by atoms with Crippen LogP contribution in [-0.4, -0.2) is 113 Å². The zero-order chi connectivity index (χ0) is 62.9. The fourth-order valence-electron chi connectivity index (χ4n) is 9.71. The molecule has 12 aromatic rings. The molecule has 2 aliphatic rings. The number of halogens is 3. The van der Waals surface area contributed by atoms with Gasteiger partial charge in [-0.3, -0.25) is 33.7 Å². The molecule has 10 heterocycles. The number of aromatic nitrogens is 12. The maximum absolute atomic E-state index is 9.33. The Morgan fingerprint density at radius 3 is 1.23 bits per heavy atom. The van der Waals surface area contributed by atoms with Crippen molar-refractivity contribution in [2.24, 2.45) is 28.2 Å². The van der Waals surface area contributed by atoms with Crippen molar-refractivity contribution in [3.05, 3.63) is 186 Å². The van der Waals surface area contributed by atoms with Gasteiger partial charge in [-0.25, -0.2) is 4.98 Å². The molecule has 24 heteroatoms. The van der Waals surface area contributed by atoms with Crippen molar-refractivity contribution in [2.75, 3.05) is 0 Å². The van der Waals surface area contributed by atoms with Crippen molar-refractivity contribution < 1.29 is 28.7 Å². The molecule has 0 bridgehead atoms. The van der Waals surface area contributed by atoms with Gasteiger partial charge in [-0.15, -0.1) is 0 Å². The molecule has 0 aliphatic carbocycles. The minimum absolute atomic E-state index is 0.284. The maximum atomic E-state index is 9.33. The number of aryl methyl sites for hydroxylation is 4. The lowest BCUT2D eigenvalue weighted by atomic mass is 9.76. The lowest BCUT2D eigenvalue weighted by Crippen LogP contribution is -2.41. The van der Waals surface area contributed by atoms with E-state index in [0.29, 0.717) is 5.46 Å². The highest BCUT2D eigenvalue weighted by Gasteiger charge is 2.53. The Balaban J connectivity index is 0.000000124. The molecule has 448 valence electrons. The lowest BCUT2D eigenvalue weighted by molar-refractivity contribution is 0.00578. The molecule has 0 amide bonds. The van der Waals surface area contributed by atoms with Gasteiger partial charge in [0.05, 0.1) is 58.1 Å². The molecule has 0 atom stereocenters. The zero-order valence-corrected chi connectivity index (χ0v) is 54.0. The topological polar surface area (TPSA) is 200 Å². The van der Waals surface area contributed by atoms with Gasteiger partial charge in [0.1, 0.15) is 4.60 Å². The van der Waals surface area contributed by atoms with Crippen molar-refractivity contribution in [1.29, 1.82) is 0 Å².